The summed E-state index contributed by atoms with van der Waals surface area (Å²) in [5, 5.41) is 1.16. The number of hydrogen-bond acceptors (Lipinski definition) is 2. The number of rotatable bonds is 3. The molecule has 0 spiro atoms. The first-order valence-corrected chi connectivity index (χ1v) is 6.55. The van der Waals surface area contributed by atoms with Gasteiger partial charge in [-0.2, -0.15) is 0 Å². The van der Waals surface area contributed by atoms with E-state index in [1.807, 2.05) is 0 Å². The summed E-state index contributed by atoms with van der Waals surface area (Å²) in [5.74, 6) is -0.232. The fourth-order valence-electron chi connectivity index (χ4n) is 1.63. The Hall–Kier alpha value is -1.16. The molecule has 0 aliphatic carbocycles. The van der Waals surface area contributed by atoms with Crippen molar-refractivity contribution in [3.05, 3.63) is 56.9 Å². The normalized spacial score (nSPS) is 10.5. The zero-order chi connectivity index (χ0) is 14.0. The highest BCUT2D eigenvalue weighted by Gasteiger charge is 2.18. The highest BCUT2D eigenvalue weighted by Crippen LogP contribution is 2.23. The maximum Gasteiger partial charge on any atom is 0.258 e. The molecule has 0 radical (unpaired) electrons. The van der Waals surface area contributed by atoms with E-state index in [1.165, 1.54) is 17.2 Å². The minimum absolute atomic E-state index is 0.0825. The van der Waals surface area contributed by atoms with Gasteiger partial charge >= 0.3 is 0 Å². The molecule has 0 fully saturated rings. The molecule has 0 aliphatic rings. The van der Waals surface area contributed by atoms with Crippen molar-refractivity contribution in [1.82, 2.24) is 4.90 Å². The second kappa shape index (κ2) is 5.87. The molecule has 0 bridgehead atoms. The summed E-state index contributed by atoms with van der Waals surface area (Å²) in [6.45, 7) is 0.357. The molecule has 1 heterocycles. The van der Waals surface area contributed by atoms with E-state index in [0.717, 1.165) is 5.56 Å². The second-order valence-corrected chi connectivity index (χ2v) is 5.19. The molecule has 0 atom stereocenters. The van der Waals surface area contributed by atoms with Gasteiger partial charge in [0.2, 0.25) is 5.22 Å². The van der Waals surface area contributed by atoms with Crippen LogP contribution in [0, 0.1) is 0 Å². The van der Waals surface area contributed by atoms with Gasteiger partial charge < -0.3 is 9.32 Å². The summed E-state index contributed by atoms with van der Waals surface area (Å²) in [6.07, 6.45) is 1.37. The van der Waals surface area contributed by atoms with Gasteiger partial charge in [0.25, 0.3) is 5.91 Å². The number of carbonyl (C=O) groups excluding carboxylic acids is 1. The Bertz CT molecular complexity index is 610. The monoisotopic (exact) mass is 317 g/mol. The van der Waals surface area contributed by atoms with Crippen molar-refractivity contribution >= 4 is 40.7 Å². The van der Waals surface area contributed by atoms with Crippen LogP contribution in [0.3, 0.4) is 0 Å². The molecule has 1 aromatic heterocycles. The topological polar surface area (TPSA) is 33.5 Å². The SMILES string of the molecule is CN(Cc1ccc(Cl)cc1Cl)C(=O)c1ccoc1Cl. The van der Waals surface area contributed by atoms with Crippen molar-refractivity contribution in [3.63, 3.8) is 0 Å². The fourth-order valence-corrected chi connectivity index (χ4v) is 2.29. The van der Waals surface area contributed by atoms with Crippen LogP contribution >= 0.6 is 34.8 Å². The van der Waals surface area contributed by atoms with E-state index in [-0.39, 0.29) is 11.1 Å². The maximum atomic E-state index is 12.1. The molecule has 1 aromatic carbocycles. The lowest BCUT2D eigenvalue weighted by Crippen LogP contribution is -2.26. The van der Waals surface area contributed by atoms with E-state index in [2.05, 4.69) is 0 Å². The fraction of sp³-hybridized carbons (Fsp3) is 0.154. The van der Waals surface area contributed by atoms with Crippen molar-refractivity contribution in [3.8, 4) is 0 Å². The number of halogens is 3. The van der Waals surface area contributed by atoms with Crippen LogP contribution < -0.4 is 0 Å². The predicted octanol–water partition coefficient (Wildman–Crippen LogP) is 4.51. The quantitative estimate of drug-likeness (QED) is 0.834. The first kappa shape index (κ1) is 14.3. The molecule has 0 saturated carbocycles. The Morgan fingerprint density at radius 2 is 2.00 bits per heavy atom. The van der Waals surface area contributed by atoms with E-state index in [9.17, 15) is 4.79 Å². The molecule has 100 valence electrons. The Morgan fingerprint density at radius 3 is 2.58 bits per heavy atom. The molecule has 19 heavy (non-hydrogen) atoms. The minimum atomic E-state index is -0.232. The van der Waals surface area contributed by atoms with Crippen LogP contribution in [0.5, 0.6) is 0 Å². The summed E-state index contributed by atoms with van der Waals surface area (Å²) < 4.78 is 4.90. The van der Waals surface area contributed by atoms with Gasteiger partial charge in [-0.25, -0.2) is 0 Å². The lowest BCUT2D eigenvalue weighted by Gasteiger charge is -2.17. The Balaban J connectivity index is 2.15. The lowest BCUT2D eigenvalue weighted by molar-refractivity contribution is 0.0784. The summed E-state index contributed by atoms with van der Waals surface area (Å²) in [6, 6.07) is 6.68. The maximum absolute atomic E-state index is 12.1. The zero-order valence-electron chi connectivity index (χ0n) is 9.99. The Morgan fingerprint density at radius 1 is 1.26 bits per heavy atom. The number of amides is 1. The number of carbonyl (C=O) groups is 1. The number of hydrogen-bond donors (Lipinski definition) is 0. The van der Waals surface area contributed by atoms with Crippen LogP contribution in [0.25, 0.3) is 0 Å². The van der Waals surface area contributed by atoms with Crippen LogP contribution in [-0.2, 0) is 6.54 Å². The van der Waals surface area contributed by atoms with Crippen LogP contribution in [0.4, 0.5) is 0 Å². The Labute approximate surface area is 125 Å². The van der Waals surface area contributed by atoms with Gasteiger partial charge in [0, 0.05) is 23.6 Å². The average Bonchev–Trinajstić information content (AvgIpc) is 2.78. The molecule has 2 aromatic rings. The number of benzene rings is 1. The Kier molecular flexibility index (Phi) is 4.40. The van der Waals surface area contributed by atoms with E-state index in [0.29, 0.717) is 22.2 Å². The molecule has 0 saturated heterocycles. The van der Waals surface area contributed by atoms with E-state index >= 15 is 0 Å². The van der Waals surface area contributed by atoms with E-state index in [1.54, 1.807) is 25.2 Å². The molecule has 1 amide bonds. The molecule has 3 nitrogen and oxygen atoms in total. The van der Waals surface area contributed by atoms with E-state index in [4.69, 9.17) is 39.2 Å². The first-order valence-electron chi connectivity index (χ1n) is 5.41. The van der Waals surface area contributed by atoms with Gasteiger partial charge in [0.05, 0.1) is 11.8 Å². The van der Waals surface area contributed by atoms with Crippen molar-refractivity contribution < 1.29 is 9.21 Å². The summed E-state index contributed by atoms with van der Waals surface area (Å²) in [5.41, 5.74) is 1.13. The molecular weight excluding hydrogens is 309 g/mol. The number of furan rings is 1. The van der Waals surface area contributed by atoms with Gasteiger partial charge in [0.15, 0.2) is 0 Å². The molecule has 0 aliphatic heterocycles. The number of nitrogens with zero attached hydrogens (tertiary/aromatic N) is 1. The third kappa shape index (κ3) is 3.24. The summed E-state index contributed by atoms with van der Waals surface area (Å²) in [4.78, 5) is 13.6. The predicted molar refractivity (Wildman–Crippen MR) is 76.0 cm³/mol. The third-order valence-corrected chi connectivity index (χ3v) is 3.50. The van der Waals surface area contributed by atoms with Crippen LogP contribution in [-0.4, -0.2) is 17.9 Å². The van der Waals surface area contributed by atoms with Crippen molar-refractivity contribution in [2.45, 2.75) is 6.54 Å². The molecule has 0 N–H and O–H groups in total. The summed E-state index contributed by atoms with van der Waals surface area (Å²) >= 11 is 17.7. The smallest absolute Gasteiger partial charge is 0.258 e. The minimum Gasteiger partial charge on any atom is -0.452 e. The molecular formula is C13H10Cl3NO2. The van der Waals surface area contributed by atoms with Crippen LogP contribution in [0.15, 0.2) is 34.9 Å². The third-order valence-electron chi connectivity index (χ3n) is 2.62. The average molecular weight is 319 g/mol. The van der Waals surface area contributed by atoms with Crippen molar-refractivity contribution in [1.29, 1.82) is 0 Å². The van der Waals surface area contributed by atoms with Gasteiger partial charge in [0.1, 0.15) is 0 Å². The second-order valence-electron chi connectivity index (χ2n) is 4.00. The van der Waals surface area contributed by atoms with Gasteiger partial charge in [-0.15, -0.1) is 0 Å². The van der Waals surface area contributed by atoms with Crippen LogP contribution in [0.2, 0.25) is 15.3 Å². The van der Waals surface area contributed by atoms with Gasteiger partial charge in [-0.1, -0.05) is 29.3 Å². The first-order chi connectivity index (χ1) is 8.99. The standard InChI is InChI=1S/C13H10Cl3NO2/c1-17(13(18)10-4-5-19-12(10)16)7-8-2-3-9(14)6-11(8)15/h2-6H,7H2,1H3. The lowest BCUT2D eigenvalue weighted by atomic mass is 10.2. The molecule has 2 rings (SSSR count). The summed E-state index contributed by atoms with van der Waals surface area (Å²) in [7, 11) is 1.66. The van der Waals surface area contributed by atoms with Crippen LogP contribution in [0.1, 0.15) is 15.9 Å². The zero-order valence-corrected chi connectivity index (χ0v) is 12.3. The highest BCUT2D eigenvalue weighted by molar-refractivity contribution is 6.35. The van der Waals surface area contributed by atoms with E-state index < -0.39 is 0 Å². The van der Waals surface area contributed by atoms with Crippen molar-refractivity contribution in [2.24, 2.45) is 0 Å². The van der Waals surface area contributed by atoms with Gasteiger partial charge in [-0.05, 0) is 35.4 Å². The van der Waals surface area contributed by atoms with Gasteiger partial charge in [-0.3, -0.25) is 4.79 Å². The highest BCUT2D eigenvalue weighted by atomic mass is 35.5. The molecule has 6 heteroatoms. The largest absolute Gasteiger partial charge is 0.452 e. The van der Waals surface area contributed by atoms with Crippen molar-refractivity contribution in [2.75, 3.05) is 7.05 Å². The molecule has 0 unspecified atom stereocenters.